The maximum Gasteiger partial charge on any atom is 0.261 e. The molecule has 0 bridgehead atoms. The van der Waals surface area contributed by atoms with E-state index in [2.05, 4.69) is 48.4 Å². The van der Waals surface area contributed by atoms with Gasteiger partial charge in [0.05, 0.1) is 18.4 Å². The second kappa shape index (κ2) is 7.89. The lowest BCUT2D eigenvalue weighted by molar-refractivity contribution is 0.102. The SMILES string of the molecule is COc1ccc(Cl)cc1C(=O)Nc1nc(-c2ccc(C(C)C)cc2)cs1. The summed E-state index contributed by atoms with van der Waals surface area (Å²) >= 11 is 7.37. The van der Waals surface area contributed by atoms with Crippen LogP contribution in [0.25, 0.3) is 11.3 Å². The first-order valence-corrected chi connectivity index (χ1v) is 9.44. The molecular formula is C20H19ClN2O2S. The largest absolute Gasteiger partial charge is 0.496 e. The lowest BCUT2D eigenvalue weighted by Gasteiger charge is -2.08. The van der Waals surface area contributed by atoms with E-state index in [0.717, 1.165) is 11.3 Å². The van der Waals surface area contributed by atoms with E-state index in [1.807, 2.05) is 5.38 Å². The van der Waals surface area contributed by atoms with Crippen molar-refractivity contribution in [1.82, 2.24) is 4.98 Å². The van der Waals surface area contributed by atoms with Crippen LogP contribution < -0.4 is 10.1 Å². The summed E-state index contributed by atoms with van der Waals surface area (Å²) in [4.78, 5) is 17.0. The van der Waals surface area contributed by atoms with Gasteiger partial charge in [-0.2, -0.15) is 0 Å². The van der Waals surface area contributed by atoms with Crippen LogP contribution in [0, 0.1) is 0 Å². The lowest BCUT2D eigenvalue weighted by Crippen LogP contribution is -2.13. The summed E-state index contributed by atoms with van der Waals surface area (Å²) in [5.41, 5.74) is 3.51. The topological polar surface area (TPSA) is 51.2 Å². The standard InChI is InChI=1S/C20H19ClN2O2S/c1-12(2)13-4-6-14(7-5-13)17-11-26-20(22-17)23-19(24)16-10-15(21)8-9-18(16)25-3/h4-12H,1-3H3,(H,22,23,24). The zero-order chi connectivity index (χ0) is 18.7. The van der Waals surface area contributed by atoms with Crippen LogP contribution in [0.2, 0.25) is 5.02 Å². The number of benzene rings is 2. The maximum absolute atomic E-state index is 12.5. The Morgan fingerprint density at radius 3 is 2.58 bits per heavy atom. The molecule has 1 amide bonds. The number of thiazole rings is 1. The number of carbonyl (C=O) groups excluding carboxylic acids is 1. The van der Waals surface area contributed by atoms with Gasteiger partial charge >= 0.3 is 0 Å². The van der Waals surface area contributed by atoms with Gasteiger partial charge in [0.15, 0.2) is 5.13 Å². The fourth-order valence-electron chi connectivity index (χ4n) is 2.52. The van der Waals surface area contributed by atoms with E-state index in [1.54, 1.807) is 18.2 Å². The molecule has 0 spiro atoms. The smallest absolute Gasteiger partial charge is 0.261 e. The number of carbonyl (C=O) groups is 1. The number of hydrogen-bond donors (Lipinski definition) is 1. The van der Waals surface area contributed by atoms with Crippen molar-refractivity contribution in [2.45, 2.75) is 19.8 Å². The molecule has 1 heterocycles. The molecule has 1 aromatic heterocycles. The van der Waals surface area contributed by atoms with E-state index in [0.29, 0.717) is 27.4 Å². The van der Waals surface area contributed by atoms with Gasteiger partial charge in [0.1, 0.15) is 5.75 Å². The number of nitrogens with zero attached hydrogens (tertiary/aromatic N) is 1. The van der Waals surface area contributed by atoms with Crippen LogP contribution in [0.5, 0.6) is 5.75 Å². The average molecular weight is 387 g/mol. The Kier molecular flexibility index (Phi) is 5.59. The number of rotatable bonds is 5. The molecule has 26 heavy (non-hydrogen) atoms. The molecule has 0 aliphatic carbocycles. The first-order valence-electron chi connectivity index (χ1n) is 8.18. The van der Waals surface area contributed by atoms with Gasteiger partial charge < -0.3 is 4.74 Å². The normalized spacial score (nSPS) is 10.8. The van der Waals surface area contributed by atoms with E-state index in [4.69, 9.17) is 16.3 Å². The highest BCUT2D eigenvalue weighted by molar-refractivity contribution is 7.14. The van der Waals surface area contributed by atoms with Gasteiger partial charge in [0.2, 0.25) is 0 Å². The van der Waals surface area contributed by atoms with Crippen LogP contribution in [-0.4, -0.2) is 18.0 Å². The van der Waals surface area contributed by atoms with Crippen molar-refractivity contribution < 1.29 is 9.53 Å². The number of aromatic nitrogens is 1. The second-order valence-electron chi connectivity index (χ2n) is 6.11. The fraction of sp³-hybridized carbons (Fsp3) is 0.200. The third kappa shape index (κ3) is 4.06. The Morgan fingerprint density at radius 2 is 1.92 bits per heavy atom. The zero-order valence-electron chi connectivity index (χ0n) is 14.7. The molecule has 1 N–H and O–H groups in total. The van der Waals surface area contributed by atoms with Crippen molar-refractivity contribution in [2.75, 3.05) is 12.4 Å². The zero-order valence-corrected chi connectivity index (χ0v) is 16.3. The quantitative estimate of drug-likeness (QED) is 0.598. The Labute approximate surface area is 161 Å². The number of hydrogen-bond acceptors (Lipinski definition) is 4. The van der Waals surface area contributed by atoms with Gasteiger partial charge in [-0.1, -0.05) is 49.7 Å². The molecule has 3 aromatic rings. The van der Waals surface area contributed by atoms with Crippen molar-refractivity contribution in [3.63, 3.8) is 0 Å². The Balaban J connectivity index is 1.78. The molecule has 4 nitrogen and oxygen atoms in total. The second-order valence-corrected chi connectivity index (χ2v) is 7.41. The van der Waals surface area contributed by atoms with Crippen molar-refractivity contribution in [2.24, 2.45) is 0 Å². The molecule has 3 rings (SSSR count). The summed E-state index contributed by atoms with van der Waals surface area (Å²) in [6.45, 7) is 4.32. The number of methoxy groups -OCH3 is 1. The number of nitrogens with one attached hydrogen (secondary N) is 1. The van der Waals surface area contributed by atoms with E-state index in [-0.39, 0.29) is 5.91 Å². The number of ether oxygens (including phenoxy) is 1. The van der Waals surface area contributed by atoms with Crippen LogP contribution in [0.4, 0.5) is 5.13 Å². The lowest BCUT2D eigenvalue weighted by atomic mass is 10.0. The number of amides is 1. The fourth-order valence-corrected chi connectivity index (χ4v) is 3.41. The van der Waals surface area contributed by atoms with Crippen LogP contribution in [0.3, 0.4) is 0 Å². The van der Waals surface area contributed by atoms with E-state index in [1.165, 1.54) is 24.0 Å². The van der Waals surface area contributed by atoms with Gasteiger partial charge in [-0.15, -0.1) is 11.3 Å². The number of halogens is 1. The van der Waals surface area contributed by atoms with E-state index < -0.39 is 0 Å². The third-order valence-corrected chi connectivity index (χ3v) is 5.00. The van der Waals surface area contributed by atoms with Gasteiger partial charge in [-0.05, 0) is 29.7 Å². The van der Waals surface area contributed by atoms with E-state index in [9.17, 15) is 4.79 Å². The average Bonchev–Trinajstić information content (AvgIpc) is 3.10. The predicted octanol–water partition coefficient (Wildman–Crippen LogP) is 5.85. The van der Waals surface area contributed by atoms with Crippen molar-refractivity contribution in [1.29, 1.82) is 0 Å². The molecule has 0 radical (unpaired) electrons. The minimum absolute atomic E-state index is 0.305. The molecule has 0 aliphatic rings. The number of anilines is 1. The van der Waals surface area contributed by atoms with E-state index >= 15 is 0 Å². The summed E-state index contributed by atoms with van der Waals surface area (Å²) < 4.78 is 5.23. The molecule has 0 saturated heterocycles. The molecule has 134 valence electrons. The van der Waals surface area contributed by atoms with Crippen molar-refractivity contribution in [3.8, 4) is 17.0 Å². The van der Waals surface area contributed by atoms with Gasteiger partial charge in [-0.3, -0.25) is 10.1 Å². The van der Waals surface area contributed by atoms with Crippen LogP contribution in [0.1, 0.15) is 35.7 Å². The highest BCUT2D eigenvalue weighted by atomic mass is 35.5. The minimum Gasteiger partial charge on any atom is -0.496 e. The summed E-state index contributed by atoms with van der Waals surface area (Å²) in [6.07, 6.45) is 0. The minimum atomic E-state index is -0.305. The van der Waals surface area contributed by atoms with Crippen LogP contribution >= 0.6 is 22.9 Å². The highest BCUT2D eigenvalue weighted by Gasteiger charge is 2.15. The predicted molar refractivity (Wildman–Crippen MR) is 108 cm³/mol. The van der Waals surface area contributed by atoms with Gasteiger partial charge in [0.25, 0.3) is 5.91 Å². The van der Waals surface area contributed by atoms with Crippen molar-refractivity contribution >= 4 is 34.0 Å². The Bertz CT molecular complexity index is 920. The molecule has 6 heteroatoms. The van der Waals surface area contributed by atoms with Gasteiger partial charge in [-0.25, -0.2) is 4.98 Å². The first-order chi connectivity index (χ1) is 12.5. The molecular weight excluding hydrogens is 368 g/mol. The highest BCUT2D eigenvalue weighted by Crippen LogP contribution is 2.28. The molecule has 0 saturated carbocycles. The maximum atomic E-state index is 12.5. The molecule has 0 unspecified atom stereocenters. The van der Waals surface area contributed by atoms with Crippen LogP contribution in [0.15, 0.2) is 47.8 Å². The Hall–Kier alpha value is -2.37. The third-order valence-electron chi connectivity index (χ3n) is 4.00. The first kappa shape index (κ1) is 18.4. The summed E-state index contributed by atoms with van der Waals surface area (Å²) in [5.74, 6) is 0.648. The summed E-state index contributed by atoms with van der Waals surface area (Å²) in [5, 5.41) is 5.74. The summed E-state index contributed by atoms with van der Waals surface area (Å²) in [6, 6.07) is 13.2. The van der Waals surface area contributed by atoms with Gasteiger partial charge in [0, 0.05) is 16.0 Å². The monoisotopic (exact) mass is 386 g/mol. The molecule has 2 aromatic carbocycles. The molecule has 0 aliphatic heterocycles. The summed E-state index contributed by atoms with van der Waals surface area (Å²) in [7, 11) is 1.52. The Morgan fingerprint density at radius 1 is 1.19 bits per heavy atom. The molecule has 0 atom stereocenters. The van der Waals surface area contributed by atoms with Crippen molar-refractivity contribution in [3.05, 3.63) is 64.0 Å². The molecule has 0 fully saturated rings. The van der Waals surface area contributed by atoms with Crippen LogP contribution in [-0.2, 0) is 0 Å².